The van der Waals surface area contributed by atoms with E-state index in [2.05, 4.69) is 5.32 Å². The Kier molecular flexibility index (Phi) is 8.86. The SMILES string of the molecule is Cc1ccc(CN(C(=O)COc2ccccc2C)[C@H](Cc2ccccc2)C(=O)NC(C)C)cc1. The van der Waals surface area contributed by atoms with Gasteiger partial charge in [-0.15, -0.1) is 0 Å². The van der Waals surface area contributed by atoms with Crippen LogP contribution in [0.1, 0.15) is 36.1 Å². The predicted octanol–water partition coefficient (Wildman–Crippen LogP) is 4.85. The molecule has 3 aromatic carbocycles. The van der Waals surface area contributed by atoms with Crippen LogP contribution in [0, 0.1) is 13.8 Å². The number of carbonyl (C=O) groups excluding carboxylic acids is 2. The van der Waals surface area contributed by atoms with Gasteiger partial charge in [0.05, 0.1) is 0 Å². The van der Waals surface area contributed by atoms with Crippen LogP contribution in [0.3, 0.4) is 0 Å². The molecule has 2 amide bonds. The summed E-state index contributed by atoms with van der Waals surface area (Å²) < 4.78 is 5.87. The summed E-state index contributed by atoms with van der Waals surface area (Å²) in [6.45, 7) is 7.99. The van der Waals surface area contributed by atoms with Gasteiger partial charge in [0.25, 0.3) is 5.91 Å². The van der Waals surface area contributed by atoms with Crippen LogP contribution in [-0.2, 0) is 22.6 Å². The minimum Gasteiger partial charge on any atom is -0.484 e. The molecule has 0 bridgehead atoms. The van der Waals surface area contributed by atoms with E-state index in [9.17, 15) is 9.59 Å². The lowest BCUT2D eigenvalue weighted by molar-refractivity contribution is -0.143. The van der Waals surface area contributed by atoms with Crippen LogP contribution in [-0.4, -0.2) is 35.4 Å². The zero-order valence-corrected chi connectivity index (χ0v) is 20.5. The maximum Gasteiger partial charge on any atom is 0.261 e. The zero-order chi connectivity index (χ0) is 24.5. The van der Waals surface area contributed by atoms with Crippen molar-refractivity contribution in [2.45, 2.75) is 52.7 Å². The highest BCUT2D eigenvalue weighted by atomic mass is 16.5. The van der Waals surface area contributed by atoms with E-state index in [0.29, 0.717) is 18.7 Å². The van der Waals surface area contributed by atoms with Crippen molar-refractivity contribution < 1.29 is 14.3 Å². The fraction of sp³-hybridized carbons (Fsp3) is 0.310. The molecular weight excluding hydrogens is 424 g/mol. The number of benzene rings is 3. The van der Waals surface area contributed by atoms with Gasteiger partial charge in [-0.05, 0) is 50.5 Å². The fourth-order valence-electron chi connectivity index (χ4n) is 3.77. The van der Waals surface area contributed by atoms with E-state index >= 15 is 0 Å². The largest absolute Gasteiger partial charge is 0.484 e. The third kappa shape index (κ3) is 7.20. The summed E-state index contributed by atoms with van der Waals surface area (Å²) in [4.78, 5) is 28.5. The smallest absolute Gasteiger partial charge is 0.261 e. The monoisotopic (exact) mass is 458 g/mol. The van der Waals surface area contributed by atoms with Gasteiger partial charge in [0.2, 0.25) is 5.91 Å². The fourth-order valence-corrected chi connectivity index (χ4v) is 3.77. The first-order chi connectivity index (χ1) is 16.3. The van der Waals surface area contributed by atoms with E-state index in [1.54, 1.807) is 4.90 Å². The molecular formula is C29H34N2O3. The van der Waals surface area contributed by atoms with Crippen molar-refractivity contribution in [3.8, 4) is 5.75 Å². The third-order valence-corrected chi connectivity index (χ3v) is 5.62. The number of nitrogens with zero attached hydrogens (tertiary/aromatic N) is 1. The topological polar surface area (TPSA) is 58.6 Å². The Morgan fingerprint density at radius 3 is 2.15 bits per heavy atom. The van der Waals surface area contributed by atoms with Crippen LogP contribution in [0.25, 0.3) is 0 Å². The molecule has 178 valence electrons. The molecule has 3 rings (SSSR count). The molecule has 0 radical (unpaired) electrons. The Labute approximate surface area is 202 Å². The number of nitrogens with one attached hydrogen (secondary N) is 1. The van der Waals surface area contributed by atoms with E-state index in [4.69, 9.17) is 4.74 Å². The number of rotatable bonds is 10. The third-order valence-electron chi connectivity index (χ3n) is 5.62. The van der Waals surface area contributed by atoms with Gasteiger partial charge in [0.15, 0.2) is 6.61 Å². The number of hydrogen-bond donors (Lipinski definition) is 1. The first kappa shape index (κ1) is 25.0. The molecule has 0 spiro atoms. The number of carbonyl (C=O) groups is 2. The highest BCUT2D eigenvalue weighted by Crippen LogP contribution is 2.19. The quantitative estimate of drug-likeness (QED) is 0.473. The lowest BCUT2D eigenvalue weighted by Gasteiger charge is -2.32. The number of para-hydroxylation sites is 1. The van der Waals surface area contributed by atoms with E-state index in [0.717, 1.165) is 22.3 Å². The molecule has 0 aliphatic heterocycles. The van der Waals surface area contributed by atoms with Crippen molar-refractivity contribution in [3.05, 3.63) is 101 Å². The molecule has 34 heavy (non-hydrogen) atoms. The molecule has 3 aromatic rings. The normalized spacial score (nSPS) is 11.7. The van der Waals surface area contributed by atoms with Crippen LogP contribution >= 0.6 is 0 Å². The molecule has 0 unspecified atom stereocenters. The zero-order valence-electron chi connectivity index (χ0n) is 20.5. The first-order valence-electron chi connectivity index (χ1n) is 11.7. The van der Waals surface area contributed by atoms with Crippen LogP contribution in [0.15, 0.2) is 78.9 Å². The molecule has 5 nitrogen and oxygen atoms in total. The molecule has 0 saturated heterocycles. The number of hydrogen-bond acceptors (Lipinski definition) is 3. The van der Waals surface area contributed by atoms with Crippen molar-refractivity contribution in [1.29, 1.82) is 0 Å². The van der Waals surface area contributed by atoms with Crippen molar-refractivity contribution in [3.63, 3.8) is 0 Å². The Bertz CT molecular complexity index is 1080. The molecule has 1 N–H and O–H groups in total. The Balaban J connectivity index is 1.91. The van der Waals surface area contributed by atoms with Gasteiger partial charge in [0, 0.05) is 19.0 Å². The summed E-state index contributed by atoms with van der Waals surface area (Å²) in [6.07, 6.45) is 0.418. The molecule has 0 fully saturated rings. The summed E-state index contributed by atoms with van der Waals surface area (Å²) in [5.41, 5.74) is 4.06. The molecule has 0 aliphatic carbocycles. The van der Waals surface area contributed by atoms with Gasteiger partial charge in [-0.3, -0.25) is 9.59 Å². The van der Waals surface area contributed by atoms with Gasteiger partial charge in [-0.1, -0.05) is 78.4 Å². The van der Waals surface area contributed by atoms with Crippen molar-refractivity contribution >= 4 is 11.8 Å². The van der Waals surface area contributed by atoms with Gasteiger partial charge in [0.1, 0.15) is 11.8 Å². The summed E-state index contributed by atoms with van der Waals surface area (Å²) in [7, 11) is 0. The van der Waals surface area contributed by atoms with Crippen LogP contribution in [0.2, 0.25) is 0 Å². The van der Waals surface area contributed by atoms with Crippen LogP contribution < -0.4 is 10.1 Å². The summed E-state index contributed by atoms with van der Waals surface area (Å²) in [6, 6.07) is 24.7. The minimum absolute atomic E-state index is 0.0367. The second-order valence-corrected chi connectivity index (χ2v) is 8.93. The van der Waals surface area contributed by atoms with E-state index < -0.39 is 6.04 Å². The van der Waals surface area contributed by atoms with E-state index in [1.165, 1.54) is 0 Å². The summed E-state index contributed by atoms with van der Waals surface area (Å²) in [5, 5.41) is 3.00. The summed E-state index contributed by atoms with van der Waals surface area (Å²) in [5.74, 6) is 0.260. The van der Waals surface area contributed by atoms with Gasteiger partial charge in [-0.2, -0.15) is 0 Å². The van der Waals surface area contributed by atoms with Crippen LogP contribution in [0.5, 0.6) is 5.75 Å². The van der Waals surface area contributed by atoms with Gasteiger partial charge in [-0.25, -0.2) is 0 Å². The van der Waals surface area contributed by atoms with Crippen molar-refractivity contribution in [2.24, 2.45) is 0 Å². The standard InChI is InChI=1S/C29H34N2O3/c1-21(2)30-29(33)26(18-24-11-6-5-7-12-24)31(19-25-16-14-22(3)15-17-25)28(32)20-34-27-13-9-8-10-23(27)4/h5-17,21,26H,18-20H2,1-4H3,(H,30,33)/t26-/m1/s1. The second kappa shape index (κ2) is 12.0. The molecule has 0 heterocycles. The van der Waals surface area contributed by atoms with Gasteiger partial charge < -0.3 is 15.0 Å². The second-order valence-electron chi connectivity index (χ2n) is 8.93. The predicted molar refractivity (Wildman–Crippen MR) is 136 cm³/mol. The maximum atomic E-state index is 13.5. The number of ether oxygens (including phenoxy) is 1. The minimum atomic E-state index is -0.668. The lowest BCUT2D eigenvalue weighted by atomic mass is 10.0. The van der Waals surface area contributed by atoms with Gasteiger partial charge >= 0.3 is 0 Å². The molecule has 0 aromatic heterocycles. The molecule has 0 aliphatic rings. The number of aryl methyl sites for hydroxylation is 2. The average Bonchev–Trinajstić information content (AvgIpc) is 2.82. The maximum absolute atomic E-state index is 13.5. The highest BCUT2D eigenvalue weighted by molar-refractivity contribution is 5.88. The average molecular weight is 459 g/mol. The lowest BCUT2D eigenvalue weighted by Crippen LogP contribution is -2.52. The van der Waals surface area contributed by atoms with Crippen LogP contribution in [0.4, 0.5) is 0 Å². The van der Waals surface area contributed by atoms with Crippen molar-refractivity contribution in [1.82, 2.24) is 10.2 Å². The number of amides is 2. The molecule has 0 saturated carbocycles. The molecule has 1 atom stereocenters. The Morgan fingerprint density at radius 2 is 1.50 bits per heavy atom. The van der Waals surface area contributed by atoms with Crippen molar-refractivity contribution in [2.75, 3.05) is 6.61 Å². The highest BCUT2D eigenvalue weighted by Gasteiger charge is 2.31. The first-order valence-corrected chi connectivity index (χ1v) is 11.7. The van der Waals surface area contributed by atoms with E-state index in [1.807, 2.05) is 107 Å². The Morgan fingerprint density at radius 1 is 0.853 bits per heavy atom. The summed E-state index contributed by atoms with van der Waals surface area (Å²) >= 11 is 0. The Hall–Kier alpha value is -3.60. The molecule has 5 heteroatoms. The van der Waals surface area contributed by atoms with E-state index in [-0.39, 0.29) is 24.5 Å².